The number of rotatable bonds is 3. The summed E-state index contributed by atoms with van der Waals surface area (Å²) >= 11 is 6.15. The Bertz CT molecular complexity index is 503. The lowest BCUT2D eigenvalue weighted by Gasteiger charge is -2.07. The van der Waals surface area contributed by atoms with E-state index >= 15 is 0 Å². The van der Waals surface area contributed by atoms with Gasteiger partial charge in [0, 0.05) is 24.4 Å². The van der Waals surface area contributed by atoms with Crippen molar-refractivity contribution in [3.05, 3.63) is 53.3 Å². The van der Waals surface area contributed by atoms with Crippen LogP contribution in [0.4, 0.5) is 0 Å². The number of hydrogen-bond donors (Lipinski definition) is 0. The molecule has 2 aromatic rings. The highest BCUT2D eigenvalue weighted by molar-refractivity contribution is 6.32. The minimum atomic E-state index is 0.112. The molecule has 1 aromatic carbocycles. The zero-order chi connectivity index (χ0) is 11.5. The molecule has 16 heavy (non-hydrogen) atoms. The summed E-state index contributed by atoms with van der Waals surface area (Å²) in [5.74, 6) is 0.112. The van der Waals surface area contributed by atoms with Crippen LogP contribution in [0, 0.1) is 0 Å². The highest BCUT2D eigenvalue weighted by Crippen LogP contribution is 2.22. The van der Waals surface area contributed by atoms with Crippen LogP contribution >= 0.6 is 11.6 Å². The van der Waals surface area contributed by atoms with Crippen LogP contribution < -0.4 is 0 Å². The molecular formula is C13H12ClNO. The molecular weight excluding hydrogens is 222 g/mol. The number of hydrogen-bond acceptors (Lipinski definition) is 1. The van der Waals surface area contributed by atoms with Crippen molar-refractivity contribution in [2.24, 2.45) is 0 Å². The smallest absolute Gasteiger partial charge is 0.162 e. The Hall–Kier alpha value is -1.54. The molecule has 1 heterocycles. The Balaban J connectivity index is 2.41. The standard InChI is InChI=1S/C13H12ClNO/c1-2-13(16)10-5-6-12(11(14)9-10)15-7-3-4-8-15/h3-9H,2H2,1H3. The maximum absolute atomic E-state index is 11.5. The second-order valence-corrected chi connectivity index (χ2v) is 3.94. The van der Waals surface area contributed by atoms with Gasteiger partial charge in [-0.1, -0.05) is 18.5 Å². The van der Waals surface area contributed by atoms with Gasteiger partial charge < -0.3 is 4.57 Å². The number of nitrogens with zero attached hydrogens (tertiary/aromatic N) is 1. The van der Waals surface area contributed by atoms with Gasteiger partial charge in [0.25, 0.3) is 0 Å². The Morgan fingerprint density at radius 2 is 2.00 bits per heavy atom. The van der Waals surface area contributed by atoms with Crippen LogP contribution in [0.5, 0.6) is 0 Å². The van der Waals surface area contributed by atoms with Gasteiger partial charge in [0.15, 0.2) is 5.78 Å². The zero-order valence-electron chi connectivity index (χ0n) is 8.98. The Morgan fingerprint density at radius 3 is 2.56 bits per heavy atom. The summed E-state index contributed by atoms with van der Waals surface area (Å²) in [7, 11) is 0. The van der Waals surface area contributed by atoms with E-state index in [9.17, 15) is 4.79 Å². The third kappa shape index (κ3) is 2.02. The van der Waals surface area contributed by atoms with Crippen LogP contribution in [0.15, 0.2) is 42.7 Å². The van der Waals surface area contributed by atoms with Crippen LogP contribution in [0.2, 0.25) is 5.02 Å². The lowest BCUT2D eigenvalue weighted by Crippen LogP contribution is -1.98. The van der Waals surface area contributed by atoms with Gasteiger partial charge in [0.2, 0.25) is 0 Å². The van der Waals surface area contributed by atoms with Gasteiger partial charge >= 0.3 is 0 Å². The lowest BCUT2D eigenvalue weighted by atomic mass is 10.1. The largest absolute Gasteiger partial charge is 0.322 e. The number of halogens is 1. The van der Waals surface area contributed by atoms with E-state index in [2.05, 4.69) is 0 Å². The fourth-order valence-electron chi connectivity index (χ4n) is 1.59. The molecule has 0 bridgehead atoms. The quantitative estimate of drug-likeness (QED) is 0.741. The van der Waals surface area contributed by atoms with Crippen molar-refractivity contribution in [3.63, 3.8) is 0 Å². The maximum Gasteiger partial charge on any atom is 0.162 e. The molecule has 1 aromatic heterocycles. The highest BCUT2D eigenvalue weighted by atomic mass is 35.5. The molecule has 3 heteroatoms. The van der Waals surface area contributed by atoms with Gasteiger partial charge in [-0.25, -0.2) is 0 Å². The summed E-state index contributed by atoms with van der Waals surface area (Å²) in [4.78, 5) is 11.5. The average molecular weight is 234 g/mol. The summed E-state index contributed by atoms with van der Waals surface area (Å²) in [6, 6.07) is 9.27. The van der Waals surface area contributed by atoms with E-state index in [0.717, 1.165) is 5.69 Å². The molecule has 0 aliphatic carbocycles. The molecule has 0 radical (unpaired) electrons. The van der Waals surface area contributed by atoms with E-state index < -0.39 is 0 Å². The fraction of sp³-hybridized carbons (Fsp3) is 0.154. The molecule has 2 rings (SSSR count). The van der Waals surface area contributed by atoms with Gasteiger partial charge in [-0.3, -0.25) is 4.79 Å². The highest BCUT2D eigenvalue weighted by Gasteiger charge is 2.07. The number of Topliss-reactive ketones (excluding diaryl/α,β-unsaturated/α-hetero) is 1. The first-order valence-electron chi connectivity index (χ1n) is 5.18. The van der Waals surface area contributed by atoms with Gasteiger partial charge in [-0.05, 0) is 30.3 Å². The van der Waals surface area contributed by atoms with Crippen LogP contribution in [-0.4, -0.2) is 10.4 Å². The molecule has 0 aliphatic rings. The minimum Gasteiger partial charge on any atom is -0.322 e. The molecule has 0 saturated heterocycles. The van der Waals surface area contributed by atoms with Crippen LogP contribution in [-0.2, 0) is 0 Å². The van der Waals surface area contributed by atoms with E-state index in [1.807, 2.05) is 48.1 Å². The van der Waals surface area contributed by atoms with Crippen molar-refractivity contribution in [2.45, 2.75) is 13.3 Å². The first kappa shape index (κ1) is 11.0. The van der Waals surface area contributed by atoms with Crippen LogP contribution in [0.3, 0.4) is 0 Å². The van der Waals surface area contributed by atoms with Crippen molar-refractivity contribution in [1.82, 2.24) is 4.57 Å². The van der Waals surface area contributed by atoms with Crippen molar-refractivity contribution in [2.75, 3.05) is 0 Å². The van der Waals surface area contributed by atoms with E-state index in [1.54, 1.807) is 6.07 Å². The molecule has 0 atom stereocenters. The van der Waals surface area contributed by atoms with Crippen LogP contribution in [0.25, 0.3) is 5.69 Å². The molecule has 0 spiro atoms. The minimum absolute atomic E-state index is 0.112. The molecule has 0 saturated carbocycles. The monoisotopic (exact) mass is 233 g/mol. The second kappa shape index (κ2) is 4.54. The van der Waals surface area contributed by atoms with Gasteiger partial charge in [-0.15, -0.1) is 0 Å². The van der Waals surface area contributed by atoms with E-state index in [4.69, 9.17) is 11.6 Å². The number of carbonyl (C=O) groups excluding carboxylic acids is 1. The first-order chi connectivity index (χ1) is 7.72. The SMILES string of the molecule is CCC(=O)c1ccc(-n2cccc2)c(Cl)c1. The molecule has 0 N–H and O–H groups in total. The number of ketones is 1. The normalized spacial score (nSPS) is 10.4. The third-order valence-corrected chi connectivity index (χ3v) is 2.78. The Labute approximate surface area is 99.5 Å². The summed E-state index contributed by atoms with van der Waals surface area (Å²) in [5.41, 5.74) is 1.56. The van der Waals surface area contributed by atoms with Crippen molar-refractivity contribution < 1.29 is 4.79 Å². The molecule has 0 aliphatic heterocycles. The predicted octanol–water partition coefficient (Wildman–Crippen LogP) is 3.72. The van der Waals surface area contributed by atoms with Gasteiger partial charge in [0.1, 0.15) is 0 Å². The van der Waals surface area contributed by atoms with Gasteiger partial charge in [-0.2, -0.15) is 0 Å². The third-order valence-electron chi connectivity index (χ3n) is 2.47. The molecule has 0 fully saturated rings. The van der Waals surface area contributed by atoms with E-state index in [0.29, 0.717) is 17.0 Å². The Morgan fingerprint density at radius 1 is 1.31 bits per heavy atom. The average Bonchev–Trinajstić information content (AvgIpc) is 2.81. The Kier molecular flexibility index (Phi) is 3.11. The molecule has 0 amide bonds. The predicted molar refractivity (Wildman–Crippen MR) is 65.4 cm³/mol. The topological polar surface area (TPSA) is 22.0 Å². The zero-order valence-corrected chi connectivity index (χ0v) is 9.74. The number of benzene rings is 1. The summed E-state index contributed by atoms with van der Waals surface area (Å²) < 4.78 is 1.92. The molecule has 2 nitrogen and oxygen atoms in total. The lowest BCUT2D eigenvalue weighted by molar-refractivity contribution is 0.0988. The summed E-state index contributed by atoms with van der Waals surface area (Å²) in [6.07, 6.45) is 4.34. The van der Waals surface area contributed by atoms with Gasteiger partial charge in [0.05, 0.1) is 10.7 Å². The van der Waals surface area contributed by atoms with Crippen molar-refractivity contribution in [3.8, 4) is 5.69 Å². The maximum atomic E-state index is 11.5. The molecule has 82 valence electrons. The van der Waals surface area contributed by atoms with Crippen molar-refractivity contribution >= 4 is 17.4 Å². The van der Waals surface area contributed by atoms with Crippen molar-refractivity contribution in [1.29, 1.82) is 0 Å². The fourth-order valence-corrected chi connectivity index (χ4v) is 1.87. The first-order valence-corrected chi connectivity index (χ1v) is 5.56. The summed E-state index contributed by atoms with van der Waals surface area (Å²) in [5, 5.41) is 0.593. The second-order valence-electron chi connectivity index (χ2n) is 3.53. The van der Waals surface area contributed by atoms with E-state index in [1.165, 1.54) is 0 Å². The number of carbonyl (C=O) groups is 1. The van der Waals surface area contributed by atoms with E-state index in [-0.39, 0.29) is 5.78 Å². The number of aromatic nitrogens is 1. The summed E-state index contributed by atoms with van der Waals surface area (Å²) in [6.45, 7) is 1.84. The molecule has 0 unspecified atom stereocenters. The van der Waals surface area contributed by atoms with Crippen LogP contribution in [0.1, 0.15) is 23.7 Å².